The molecule has 0 aliphatic heterocycles. The van der Waals surface area contributed by atoms with Gasteiger partial charge in [0.1, 0.15) is 5.82 Å². The van der Waals surface area contributed by atoms with Gasteiger partial charge in [0.05, 0.1) is 6.61 Å². The van der Waals surface area contributed by atoms with Crippen LogP contribution in [0.1, 0.15) is 11.3 Å². The van der Waals surface area contributed by atoms with Crippen molar-refractivity contribution in [2.45, 2.75) is 13.8 Å². The van der Waals surface area contributed by atoms with E-state index in [9.17, 15) is 0 Å². The number of hydrogen-bond donors (Lipinski definition) is 2. The van der Waals surface area contributed by atoms with Crippen LogP contribution in [0.3, 0.4) is 0 Å². The van der Waals surface area contributed by atoms with E-state index >= 15 is 0 Å². The Balaban J connectivity index is 2.40. The first-order valence-electron chi connectivity index (χ1n) is 6.07. The van der Waals surface area contributed by atoms with Crippen molar-refractivity contribution < 1.29 is 5.11 Å². The Labute approximate surface area is 121 Å². The van der Waals surface area contributed by atoms with E-state index in [-0.39, 0.29) is 6.61 Å². The summed E-state index contributed by atoms with van der Waals surface area (Å²) in [7, 11) is 0. The number of aromatic nitrogens is 2. The molecule has 1 aromatic carbocycles. The highest BCUT2D eigenvalue weighted by Crippen LogP contribution is 2.23. The number of nitrogens with zero attached hydrogens (tertiary/aromatic N) is 2. The second kappa shape index (κ2) is 6.12. The normalized spacial score (nSPS) is 10.5. The number of aliphatic hydroxyl groups excluding tert-OH is 1. The standard InChI is InChI=1S/C14H16BrN3O/c1-9-10(2)17-14(18-13(9)16-7-8-19)11-3-5-12(15)6-4-11/h3-6,19H,7-8H2,1-2H3,(H,16,17,18). The SMILES string of the molecule is Cc1nc(-c2ccc(Br)cc2)nc(NCCO)c1C. The van der Waals surface area contributed by atoms with Gasteiger partial charge in [0.25, 0.3) is 0 Å². The lowest BCUT2D eigenvalue weighted by atomic mass is 10.2. The fourth-order valence-corrected chi connectivity index (χ4v) is 1.97. The van der Waals surface area contributed by atoms with Crippen molar-refractivity contribution in [3.05, 3.63) is 40.0 Å². The van der Waals surface area contributed by atoms with E-state index in [0.717, 1.165) is 27.1 Å². The Hall–Kier alpha value is -1.46. The summed E-state index contributed by atoms with van der Waals surface area (Å²) in [5.41, 5.74) is 2.92. The van der Waals surface area contributed by atoms with Gasteiger partial charge in [0.15, 0.2) is 5.82 Å². The average molecular weight is 322 g/mol. The Kier molecular flexibility index (Phi) is 4.50. The van der Waals surface area contributed by atoms with Gasteiger partial charge in [-0.05, 0) is 26.0 Å². The van der Waals surface area contributed by atoms with Gasteiger partial charge < -0.3 is 10.4 Å². The number of halogens is 1. The fraction of sp³-hybridized carbons (Fsp3) is 0.286. The van der Waals surface area contributed by atoms with Crippen molar-refractivity contribution in [1.82, 2.24) is 9.97 Å². The van der Waals surface area contributed by atoms with E-state index in [0.29, 0.717) is 12.4 Å². The van der Waals surface area contributed by atoms with E-state index in [1.807, 2.05) is 38.1 Å². The van der Waals surface area contributed by atoms with Gasteiger partial charge in [-0.1, -0.05) is 28.1 Å². The van der Waals surface area contributed by atoms with Gasteiger partial charge in [0.2, 0.25) is 0 Å². The fourth-order valence-electron chi connectivity index (χ4n) is 1.70. The summed E-state index contributed by atoms with van der Waals surface area (Å²) in [6.45, 7) is 4.50. The van der Waals surface area contributed by atoms with Crippen molar-refractivity contribution in [3.63, 3.8) is 0 Å². The third-order valence-electron chi connectivity index (χ3n) is 2.90. The molecule has 0 amide bonds. The smallest absolute Gasteiger partial charge is 0.161 e. The van der Waals surface area contributed by atoms with E-state index in [4.69, 9.17) is 5.11 Å². The zero-order valence-corrected chi connectivity index (χ0v) is 12.5. The van der Waals surface area contributed by atoms with E-state index in [1.54, 1.807) is 0 Å². The van der Waals surface area contributed by atoms with Crippen molar-refractivity contribution in [1.29, 1.82) is 0 Å². The first kappa shape index (κ1) is 14.0. The minimum Gasteiger partial charge on any atom is -0.395 e. The molecule has 0 atom stereocenters. The van der Waals surface area contributed by atoms with Gasteiger partial charge in [-0.15, -0.1) is 0 Å². The molecule has 0 spiro atoms. The van der Waals surface area contributed by atoms with Gasteiger partial charge >= 0.3 is 0 Å². The Morgan fingerprint density at radius 1 is 1.16 bits per heavy atom. The molecular formula is C14H16BrN3O. The lowest BCUT2D eigenvalue weighted by molar-refractivity contribution is 0.311. The number of rotatable bonds is 4. The third-order valence-corrected chi connectivity index (χ3v) is 3.42. The minimum absolute atomic E-state index is 0.0795. The number of benzene rings is 1. The molecule has 100 valence electrons. The molecule has 5 heteroatoms. The number of hydrogen-bond acceptors (Lipinski definition) is 4. The summed E-state index contributed by atoms with van der Waals surface area (Å²) in [6, 6.07) is 7.89. The molecule has 0 radical (unpaired) electrons. The van der Waals surface area contributed by atoms with Crippen LogP contribution in [0.2, 0.25) is 0 Å². The van der Waals surface area contributed by atoms with Crippen LogP contribution in [0.15, 0.2) is 28.7 Å². The van der Waals surface area contributed by atoms with Gasteiger partial charge in [0, 0.05) is 27.8 Å². The predicted molar refractivity (Wildman–Crippen MR) is 80.2 cm³/mol. The zero-order valence-electron chi connectivity index (χ0n) is 10.9. The summed E-state index contributed by atoms with van der Waals surface area (Å²) >= 11 is 3.41. The summed E-state index contributed by atoms with van der Waals surface area (Å²) in [6.07, 6.45) is 0. The van der Waals surface area contributed by atoms with E-state index < -0.39 is 0 Å². The topological polar surface area (TPSA) is 58.0 Å². The van der Waals surface area contributed by atoms with E-state index in [1.165, 1.54) is 0 Å². The summed E-state index contributed by atoms with van der Waals surface area (Å²) in [4.78, 5) is 9.03. The van der Waals surface area contributed by atoms with Crippen LogP contribution < -0.4 is 5.32 Å². The second-order valence-corrected chi connectivity index (χ2v) is 5.18. The molecule has 0 fully saturated rings. The molecule has 2 rings (SSSR count). The Bertz CT molecular complexity index is 570. The van der Waals surface area contributed by atoms with Crippen molar-refractivity contribution in [2.24, 2.45) is 0 Å². The highest BCUT2D eigenvalue weighted by atomic mass is 79.9. The second-order valence-electron chi connectivity index (χ2n) is 4.26. The summed E-state index contributed by atoms with van der Waals surface area (Å²) in [5, 5.41) is 12.0. The molecule has 0 aliphatic rings. The van der Waals surface area contributed by atoms with Crippen LogP contribution in [-0.4, -0.2) is 28.2 Å². The van der Waals surface area contributed by atoms with Gasteiger partial charge in [-0.2, -0.15) is 0 Å². The summed E-state index contributed by atoms with van der Waals surface area (Å²) in [5.74, 6) is 1.47. The maximum absolute atomic E-state index is 8.89. The van der Waals surface area contributed by atoms with Crippen molar-refractivity contribution in [2.75, 3.05) is 18.5 Å². The van der Waals surface area contributed by atoms with Crippen LogP contribution in [0, 0.1) is 13.8 Å². The minimum atomic E-state index is 0.0795. The van der Waals surface area contributed by atoms with Crippen LogP contribution in [0.4, 0.5) is 5.82 Å². The largest absolute Gasteiger partial charge is 0.395 e. The molecule has 0 saturated heterocycles. The van der Waals surface area contributed by atoms with Crippen molar-refractivity contribution >= 4 is 21.7 Å². The Morgan fingerprint density at radius 2 is 1.84 bits per heavy atom. The van der Waals surface area contributed by atoms with Crippen LogP contribution in [0.25, 0.3) is 11.4 Å². The zero-order chi connectivity index (χ0) is 13.8. The first-order valence-corrected chi connectivity index (χ1v) is 6.87. The molecular weight excluding hydrogens is 306 g/mol. The number of nitrogens with one attached hydrogen (secondary N) is 1. The highest BCUT2D eigenvalue weighted by Gasteiger charge is 2.09. The van der Waals surface area contributed by atoms with Crippen LogP contribution >= 0.6 is 15.9 Å². The van der Waals surface area contributed by atoms with Gasteiger partial charge in [-0.3, -0.25) is 0 Å². The maximum atomic E-state index is 8.89. The molecule has 0 unspecified atom stereocenters. The number of anilines is 1. The Morgan fingerprint density at radius 3 is 2.47 bits per heavy atom. The number of aliphatic hydroxyl groups is 1. The van der Waals surface area contributed by atoms with Crippen LogP contribution in [0.5, 0.6) is 0 Å². The predicted octanol–water partition coefficient (Wildman–Crippen LogP) is 2.93. The molecule has 1 aromatic heterocycles. The maximum Gasteiger partial charge on any atom is 0.161 e. The monoisotopic (exact) mass is 321 g/mol. The molecule has 1 heterocycles. The van der Waals surface area contributed by atoms with Crippen molar-refractivity contribution in [3.8, 4) is 11.4 Å². The first-order chi connectivity index (χ1) is 9.11. The average Bonchev–Trinajstić information content (AvgIpc) is 2.41. The van der Waals surface area contributed by atoms with Crippen LogP contribution in [-0.2, 0) is 0 Å². The molecule has 19 heavy (non-hydrogen) atoms. The molecule has 2 N–H and O–H groups in total. The third kappa shape index (κ3) is 3.30. The highest BCUT2D eigenvalue weighted by molar-refractivity contribution is 9.10. The molecule has 4 nitrogen and oxygen atoms in total. The number of aryl methyl sites for hydroxylation is 1. The summed E-state index contributed by atoms with van der Waals surface area (Å²) < 4.78 is 1.03. The van der Waals surface area contributed by atoms with Gasteiger partial charge in [-0.25, -0.2) is 9.97 Å². The van der Waals surface area contributed by atoms with E-state index in [2.05, 4.69) is 31.2 Å². The quantitative estimate of drug-likeness (QED) is 0.909. The lowest BCUT2D eigenvalue weighted by Crippen LogP contribution is -2.10. The molecule has 0 bridgehead atoms. The lowest BCUT2D eigenvalue weighted by Gasteiger charge is -2.11. The molecule has 0 saturated carbocycles. The molecule has 2 aromatic rings. The molecule has 0 aliphatic carbocycles.